The SMILES string of the molecule is Cc1cc(C)cc(CC(NN)c2cc(F)ccc2N)c1. The summed E-state index contributed by atoms with van der Waals surface area (Å²) < 4.78 is 13.4. The quantitative estimate of drug-likeness (QED) is 0.456. The van der Waals surface area contributed by atoms with Crippen molar-refractivity contribution in [2.75, 3.05) is 5.73 Å². The van der Waals surface area contributed by atoms with E-state index >= 15 is 0 Å². The number of anilines is 1. The monoisotopic (exact) mass is 273 g/mol. The molecule has 5 N–H and O–H groups in total. The van der Waals surface area contributed by atoms with E-state index in [0.717, 1.165) is 5.56 Å². The van der Waals surface area contributed by atoms with Gasteiger partial charge in [-0.1, -0.05) is 29.3 Å². The van der Waals surface area contributed by atoms with Gasteiger partial charge in [0.15, 0.2) is 0 Å². The Morgan fingerprint density at radius 3 is 2.35 bits per heavy atom. The number of hydrazine groups is 1. The highest BCUT2D eigenvalue weighted by Crippen LogP contribution is 2.25. The topological polar surface area (TPSA) is 64.1 Å². The first-order valence-corrected chi connectivity index (χ1v) is 6.58. The molecule has 0 aliphatic carbocycles. The zero-order valence-corrected chi connectivity index (χ0v) is 11.8. The van der Waals surface area contributed by atoms with Gasteiger partial charge in [0.2, 0.25) is 0 Å². The van der Waals surface area contributed by atoms with E-state index in [-0.39, 0.29) is 11.9 Å². The zero-order chi connectivity index (χ0) is 14.7. The van der Waals surface area contributed by atoms with Gasteiger partial charge in [-0.2, -0.15) is 0 Å². The molecule has 1 atom stereocenters. The standard InChI is InChI=1S/C16H20FN3/c1-10-5-11(2)7-12(6-10)8-16(20-19)14-9-13(17)3-4-15(14)18/h3-7,9,16,20H,8,18-19H2,1-2H3. The van der Waals surface area contributed by atoms with Gasteiger partial charge in [0.25, 0.3) is 0 Å². The van der Waals surface area contributed by atoms with Crippen molar-refractivity contribution in [1.29, 1.82) is 0 Å². The summed E-state index contributed by atoms with van der Waals surface area (Å²) in [6.45, 7) is 4.11. The molecule has 0 fully saturated rings. The Morgan fingerprint density at radius 1 is 1.10 bits per heavy atom. The van der Waals surface area contributed by atoms with Crippen LogP contribution in [0.1, 0.15) is 28.3 Å². The van der Waals surface area contributed by atoms with Crippen LogP contribution in [0.4, 0.5) is 10.1 Å². The van der Waals surface area contributed by atoms with E-state index in [9.17, 15) is 4.39 Å². The minimum atomic E-state index is -0.310. The summed E-state index contributed by atoms with van der Waals surface area (Å²) in [4.78, 5) is 0. The lowest BCUT2D eigenvalue weighted by molar-refractivity contribution is 0.546. The van der Waals surface area contributed by atoms with Crippen molar-refractivity contribution in [3.63, 3.8) is 0 Å². The lowest BCUT2D eigenvalue weighted by Crippen LogP contribution is -2.30. The van der Waals surface area contributed by atoms with Crippen molar-refractivity contribution in [3.8, 4) is 0 Å². The third-order valence-electron chi connectivity index (χ3n) is 3.35. The number of rotatable bonds is 4. The van der Waals surface area contributed by atoms with Crippen LogP contribution < -0.4 is 17.0 Å². The molecule has 0 bridgehead atoms. The summed E-state index contributed by atoms with van der Waals surface area (Å²) in [5.41, 5.74) is 13.4. The van der Waals surface area contributed by atoms with E-state index in [1.165, 1.54) is 23.3 Å². The first kappa shape index (κ1) is 14.5. The Balaban J connectivity index is 2.31. The van der Waals surface area contributed by atoms with E-state index in [4.69, 9.17) is 11.6 Å². The molecule has 0 heterocycles. The van der Waals surface area contributed by atoms with Gasteiger partial charge in [0.1, 0.15) is 5.82 Å². The fourth-order valence-corrected chi connectivity index (χ4v) is 2.53. The van der Waals surface area contributed by atoms with Crippen LogP contribution in [0.3, 0.4) is 0 Å². The van der Waals surface area contributed by atoms with Gasteiger partial charge >= 0.3 is 0 Å². The number of halogens is 1. The minimum Gasteiger partial charge on any atom is -0.398 e. The fraction of sp³-hybridized carbons (Fsp3) is 0.250. The molecule has 4 heteroatoms. The Kier molecular flexibility index (Phi) is 4.37. The first-order valence-electron chi connectivity index (χ1n) is 6.58. The first-order chi connectivity index (χ1) is 9.49. The summed E-state index contributed by atoms with van der Waals surface area (Å²) in [5.74, 6) is 5.31. The second-order valence-electron chi connectivity index (χ2n) is 5.19. The number of nitrogen functional groups attached to an aromatic ring is 1. The minimum absolute atomic E-state index is 0.216. The second kappa shape index (κ2) is 6.03. The number of nitrogens with one attached hydrogen (secondary N) is 1. The van der Waals surface area contributed by atoms with Crippen LogP contribution in [0.5, 0.6) is 0 Å². The number of hydrogen-bond acceptors (Lipinski definition) is 3. The molecule has 0 saturated heterocycles. The van der Waals surface area contributed by atoms with E-state index in [1.54, 1.807) is 6.07 Å². The van der Waals surface area contributed by atoms with Crippen molar-refractivity contribution >= 4 is 5.69 Å². The van der Waals surface area contributed by atoms with E-state index < -0.39 is 0 Å². The largest absolute Gasteiger partial charge is 0.398 e. The Hall–Kier alpha value is -1.91. The van der Waals surface area contributed by atoms with Crippen LogP contribution in [-0.4, -0.2) is 0 Å². The number of aryl methyl sites for hydroxylation is 2. The highest BCUT2D eigenvalue weighted by atomic mass is 19.1. The molecule has 106 valence electrons. The number of hydrogen-bond donors (Lipinski definition) is 3. The highest BCUT2D eigenvalue weighted by molar-refractivity contribution is 5.49. The van der Waals surface area contributed by atoms with Crippen LogP contribution in [0.25, 0.3) is 0 Å². The average molecular weight is 273 g/mol. The maximum atomic E-state index is 13.4. The molecule has 3 nitrogen and oxygen atoms in total. The number of nitrogens with two attached hydrogens (primary N) is 2. The van der Waals surface area contributed by atoms with Crippen LogP contribution in [0.2, 0.25) is 0 Å². The van der Waals surface area contributed by atoms with Crippen molar-refractivity contribution in [2.45, 2.75) is 26.3 Å². The molecule has 0 aromatic heterocycles. The smallest absolute Gasteiger partial charge is 0.123 e. The van der Waals surface area contributed by atoms with Crippen molar-refractivity contribution in [1.82, 2.24) is 5.43 Å². The molecule has 0 saturated carbocycles. The predicted molar refractivity (Wildman–Crippen MR) is 80.5 cm³/mol. The fourth-order valence-electron chi connectivity index (χ4n) is 2.53. The van der Waals surface area contributed by atoms with Gasteiger partial charge < -0.3 is 5.73 Å². The Bertz CT molecular complexity index is 590. The molecule has 0 amide bonds. The van der Waals surface area contributed by atoms with E-state index in [2.05, 4.69) is 37.5 Å². The molecule has 0 radical (unpaired) electrons. The van der Waals surface area contributed by atoms with Crippen molar-refractivity contribution in [2.24, 2.45) is 5.84 Å². The number of benzene rings is 2. The highest BCUT2D eigenvalue weighted by Gasteiger charge is 2.15. The molecule has 0 spiro atoms. The van der Waals surface area contributed by atoms with Crippen LogP contribution in [0, 0.1) is 19.7 Å². The molecule has 0 aliphatic heterocycles. The zero-order valence-electron chi connectivity index (χ0n) is 11.8. The third-order valence-corrected chi connectivity index (χ3v) is 3.35. The van der Waals surface area contributed by atoms with Crippen LogP contribution in [0.15, 0.2) is 36.4 Å². The summed E-state index contributed by atoms with van der Waals surface area (Å²) in [5, 5.41) is 0. The lowest BCUT2D eigenvalue weighted by atomic mass is 9.96. The summed E-state index contributed by atoms with van der Waals surface area (Å²) in [6, 6.07) is 10.5. The third kappa shape index (κ3) is 3.35. The van der Waals surface area contributed by atoms with Gasteiger partial charge in [-0.15, -0.1) is 0 Å². The van der Waals surface area contributed by atoms with Gasteiger partial charge in [0, 0.05) is 5.69 Å². The molecule has 2 rings (SSSR count). The molecule has 1 unspecified atom stereocenters. The molecular weight excluding hydrogens is 253 g/mol. The predicted octanol–water partition coefficient (Wildman–Crippen LogP) is 2.77. The van der Waals surface area contributed by atoms with Gasteiger partial charge in [0.05, 0.1) is 6.04 Å². The van der Waals surface area contributed by atoms with Crippen molar-refractivity contribution < 1.29 is 4.39 Å². The summed E-state index contributed by atoms with van der Waals surface area (Å²) in [6.07, 6.45) is 0.659. The van der Waals surface area contributed by atoms with Gasteiger partial charge in [-0.25, -0.2) is 4.39 Å². The van der Waals surface area contributed by atoms with Gasteiger partial charge in [-0.05, 0) is 49.6 Å². The molecule has 2 aromatic rings. The van der Waals surface area contributed by atoms with Crippen LogP contribution >= 0.6 is 0 Å². The van der Waals surface area contributed by atoms with Crippen LogP contribution in [-0.2, 0) is 6.42 Å². The Labute approximate surface area is 118 Å². The lowest BCUT2D eigenvalue weighted by Gasteiger charge is -2.19. The normalized spacial score (nSPS) is 12.4. The second-order valence-corrected chi connectivity index (χ2v) is 5.19. The average Bonchev–Trinajstić information content (AvgIpc) is 2.38. The molecule has 0 aliphatic rings. The molecular formula is C16H20FN3. The maximum absolute atomic E-state index is 13.4. The molecule has 20 heavy (non-hydrogen) atoms. The Morgan fingerprint density at radius 2 is 1.75 bits per heavy atom. The van der Waals surface area contributed by atoms with Crippen molar-refractivity contribution in [3.05, 3.63) is 64.5 Å². The van der Waals surface area contributed by atoms with E-state index in [0.29, 0.717) is 17.7 Å². The van der Waals surface area contributed by atoms with Gasteiger partial charge in [-0.3, -0.25) is 11.3 Å². The summed E-state index contributed by atoms with van der Waals surface area (Å²) >= 11 is 0. The van der Waals surface area contributed by atoms with E-state index in [1.807, 2.05) is 0 Å². The summed E-state index contributed by atoms with van der Waals surface area (Å²) in [7, 11) is 0. The molecule has 2 aromatic carbocycles. The maximum Gasteiger partial charge on any atom is 0.123 e.